The first-order valence-electron chi connectivity index (χ1n) is 7.31. The summed E-state index contributed by atoms with van der Waals surface area (Å²) in [7, 11) is 0. The Bertz CT molecular complexity index is 417. The van der Waals surface area contributed by atoms with E-state index in [-0.39, 0.29) is 5.82 Å². The molecule has 0 radical (unpaired) electrons. The lowest BCUT2D eigenvalue weighted by molar-refractivity contribution is 0.0775. The summed E-state index contributed by atoms with van der Waals surface area (Å²) in [6, 6.07) is 5.64. The molecule has 1 unspecified atom stereocenters. The molecule has 2 rings (SSSR count). The Morgan fingerprint density at radius 1 is 1.45 bits per heavy atom. The zero-order valence-electron chi connectivity index (χ0n) is 12.3. The maximum absolute atomic E-state index is 13.7. The zero-order valence-corrected chi connectivity index (χ0v) is 12.3. The van der Waals surface area contributed by atoms with Crippen LogP contribution in [-0.4, -0.2) is 25.9 Å². The number of ether oxygens (including phenoxy) is 2. The van der Waals surface area contributed by atoms with Crippen LogP contribution in [0.5, 0.6) is 0 Å². The Labute approximate surface area is 120 Å². The van der Waals surface area contributed by atoms with Gasteiger partial charge in [0.05, 0.1) is 19.8 Å². The van der Waals surface area contributed by atoms with E-state index in [0.29, 0.717) is 30.7 Å². The predicted molar refractivity (Wildman–Crippen MR) is 77.0 cm³/mol. The second-order valence-corrected chi connectivity index (χ2v) is 5.71. The fourth-order valence-electron chi connectivity index (χ4n) is 2.22. The number of hydrogen-bond donors (Lipinski definition) is 1. The van der Waals surface area contributed by atoms with Gasteiger partial charge < -0.3 is 14.8 Å². The predicted octanol–water partition coefficient (Wildman–Crippen LogP) is 2.88. The Balaban J connectivity index is 1.83. The minimum atomic E-state index is -0.194. The van der Waals surface area contributed by atoms with Crippen molar-refractivity contribution in [2.45, 2.75) is 39.5 Å². The van der Waals surface area contributed by atoms with Gasteiger partial charge >= 0.3 is 0 Å². The van der Waals surface area contributed by atoms with E-state index in [4.69, 9.17) is 9.47 Å². The van der Waals surface area contributed by atoms with E-state index < -0.39 is 0 Å². The molecule has 0 amide bonds. The van der Waals surface area contributed by atoms with Crippen molar-refractivity contribution >= 4 is 0 Å². The lowest BCUT2D eigenvalue weighted by Gasteiger charge is -2.12. The maximum atomic E-state index is 13.7. The molecule has 0 aliphatic carbocycles. The maximum Gasteiger partial charge on any atom is 0.128 e. The molecule has 0 saturated carbocycles. The second kappa shape index (κ2) is 7.72. The molecule has 1 saturated heterocycles. The highest BCUT2D eigenvalue weighted by Gasteiger charge is 2.15. The molecule has 1 atom stereocenters. The van der Waals surface area contributed by atoms with Crippen LogP contribution in [-0.2, 0) is 22.6 Å². The van der Waals surface area contributed by atoms with Gasteiger partial charge in [-0.05, 0) is 24.1 Å². The fraction of sp³-hybridized carbons (Fsp3) is 0.625. The van der Waals surface area contributed by atoms with E-state index in [0.717, 1.165) is 31.7 Å². The number of halogens is 1. The van der Waals surface area contributed by atoms with E-state index in [1.807, 2.05) is 12.1 Å². The third-order valence-corrected chi connectivity index (χ3v) is 3.46. The number of nitrogens with one attached hydrogen (secondary N) is 1. The summed E-state index contributed by atoms with van der Waals surface area (Å²) >= 11 is 0. The van der Waals surface area contributed by atoms with Crippen molar-refractivity contribution in [1.82, 2.24) is 5.32 Å². The van der Waals surface area contributed by atoms with Crippen LogP contribution in [0.15, 0.2) is 18.2 Å². The van der Waals surface area contributed by atoms with E-state index in [2.05, 4.69) is 19.2 Å². The summed E-state index contributed by atoms with van der Waals surface area (Å²) < 4.78 is 24.7. The average molecular weight is 281 g/mol. The monoisotopic (exact) mass is 281 g/mol. The molecule has 1 fully saturated rings. The molecular weight excluding hydrogens is 257 g/mol. The van der Waals surface area contributed by atoms with E-state index in [1.165, 1.54) is 6.07 Å². The molecule has 1 heterocycles. The van der Waals surface area contributed by atoms with Crippen molar-refractivity contribution in [2.24, 2.45) is 5.92 Å². The van der Waals surface area contributed by atoms with Gasteiger partial charge in [0.15, 0.2) is 0 Å². The molecule has 112 valence electrons. The minimum Gasteiger partial charge on any atom is -0.381 e. The van der Waals surface area contributed by atoms with Crippen molar-refractivity contribution in [3.8, 4) is 0 Å². The first-order chi connectivity index (χ1) is 9.65. The van der Waals surface area contributed by atoms with Gasteiger partial charge in [-0.3, -0.25) is 0 Å². The highest BCUT2D eigenvalue weighted by molar-refractivity contribution is 5.24. The summed E-state index contributed by atoms with van der Waals surface area (Å²) in [6.45, 7) is 7.50. The first kappa shape index (κ1) is 15.4. The van der Waals surface area contributed by atoms with Gasteiger partial charge in [0.1, 0.15) is 5.82 Å². The molecule has 0 spiro atoms. The van der Waals surface area contributed by atoms with Crippen molar-refractivity contribution in [3.63, 3.8) is 0 Å². The average Bonchev–Trinajstić information content (AvgIpc) is 2.92. The van der Waals surface area contributed by atoms with Crippen LogP contribution in [0, 0.1) is 11.7 Å². The van der Waals surface area contributed by atoms with Gasteiger partial charge in [-0.15, -0.1) is 0 Å². The van der Waals surface area contributed by atoms with Crippen LogP contribution in [0.4, 0.5) is 4.39 Å². The molecule has 3 nitrogen and oxygen atoms in total. The largest absolute Gasteiger partial charge is 0.381 e. The first-order valence-corrected chi connectivity index (χ1v) is 7.31. The van der Waals surface area contributed by atoms with E-state index in [9.17, 15) is 4.39 Å². The Kier molecular flexibility index (Phi) is 5.95. The summed E-state index contributed by atoms with van der Waals surface area (Å²) in [5.74, 6) is 0.268. The Morgan fingerprint density at radius 3 is 3.00 bits per heavy atom. The van der Waals surface area contributed by atoms with Gasteiger partial charge in [0, 0.05) is 30.7 Å². The highest BCUT2D eigenvalue weighted by Crippen LogP contribution is 2.16. The molecule has 0 aromatic heterocycles. The summed E-state index contributed by atoms with van der Waals surface area (Å²) in [4.78, 5) is 0. The molecule has 1 aliphatic rings. The number of hydrogen-bond acceptors (Lipinski definition) is 3. The van der Waals surface area contributed by atoms with Crippen LogP contribution in [0.2, 0.25) is 0 Å². The zero-order chi connectivity index (χ0) is 14.4. The standard InChI is InChI=1S/C16H24FNO2/c1-12(2)18-8-13-3-4-16(17)15(7-13)11-20-10-14-5-6-19-9-14/h3-4,7,12,14,18H,5-6,8-11H2,1-2H3. The third-order valence-electron chi connectivity index (χ3n) is 3.46. The van der Waals surface area contributed by atoms with Gasteiger partial charge in [-0.25, -0.2) is 4.39 Å². The summed E-state index contributed by atoms with van der Waals surface area (Å²) in [6.07, 6.45) is 1.04. The second-order valence-electron chi connectivity index (χ2n) is 5.71. The van der Waals surface area contributed by atoms with Crippen LogP contribution >= 0.6 is 0 Å². The normalized spacial score (nSPS) is 18.9. The SMILES string of the molecule is CC(C)NCc1ccc(F)c(COCC2CCOC2)c1. The van der Waals surface area contributed by atoms with Crippen molar-refractivity contribution < 1.29 is 13.9 Å². The molecule has 4 heteroatoms. The van der Waals surface area contributed by atoms with E-state index in [1.54, 1.807) is 0 Å². The molecule has 1 aromatic rings. The van der Waals surface area contributed by atoms with Gasteiger partial charge in [-0.2, -0.15) is 0 Å². The molecule has 1 N–H and O–H groups in total. The topological polar surface area (TPSA) is 30.5 Å². The lowest BCUT2D eigenvalue weighted by Crippen LogP contribution is -2.21. The molecule has 20 heavy (non-hydrogen) atoms. The fourth-order valence-corrected chi connectivity index (χ4v) is 2.22. The lowest BCUT2D eigenvalue weighted by atomic mass is 10.1. The summed E-state index contributed by atoms with van der Waals surface area (Å²) in [5, 5.41) is 3.33. The van der Waals surface area contributed by atoms with E-state index >= 15 is 0 Å². The smallest absolute Gasteiger partial charge is 0.128 e. The van der Waals surface area contributed by atoms with Crippen LogP contribution < -0.4 is 5.32 Å². The van der Waals surface area contributed by atoms with Crippen molar-refractivity contribution in [1.29, 1.82) is 0 Å². The van der Waals surface area contributed by atoms with Crippen LogP contribution in [0.25, 0.3) is 0 Å². The number of benzene rings is 1. The van der Waals surface area contributed by atoms with Crippen LogP contribution in [0.3, 0.4) is 0 Å². The van der Waals surface area contributed by atoms with Crippen LogP contribution in [0.1, 0.15) is 31.4 Å². The van der Waals surface area contributed by atoms with Gasteiger partial charge in [0.25, 0.3) is 0 Å². The van der Waals surface area contributed by atoms with Gasteiger partial charge in [0.2, 0.25) is 0 Å². The van der Waals surface area contributed by atoms with Gasteiger partial charge in [-0.1, -0.05) is 19.9 Å². The molecule has 1 aliphatic heterocycles. The quantitative estimate of drug-likeness (QED) is 0.833. The van der Waals surface area contributed by atoms with Crippen molar-refractivity contribution in [3.05, 3.63) is 35.1 Å². The highest BCUT2D eigenvalue weighted by atomic mass is 19.1. The minimum absolute atomic E-state index is 0.194. The van der Waals surface area contributed by atoms with Crippen molar-refractivity contribution in [2.75, 3.05) is 19.8 Å². The number of rotatable bonds is 7. The molecule has 0 bridgehead atoms. The third kappa shape index (κ3) is 4.85. The molecular formula is C16H24FNO2. The Hall–Kier alpha value is -0.970. The Morgan fingerprint density at radius 2 is 2.30 bits per heavy atom. The summed E-state index contributed by atoms with van der Waals surface area (Å²) in [5.41, 5.74) is 1.72. The molecule has 1 aromatic carbocycles.